The van der Waals surface area contributed by atoms with Crippen LogP contribution in [0.2, 0.25) is 0 Å². The van der Waals surface area contributed by atoms with Crippen LogP contribution in [0.25, 0.3) is 0 Å². The summed E-state index contributed by atoms with van der Waals surface area (Å²) in [4.78, 5) is 0. The predicted molar refractivity (Wildman–Crippen MR) is 50.3 cm³/mol. The minimum absolute atomic E-state index is 0.153. The van der Waals surface area contributed by atoms with Gasteiger partial charge in [0.25, 0.3) is 0 Å². The third-order valence-corrected chi connectivity index (χ3v) is 2.64. The van der Waals surface area contributed by atoms with Crippen molar-refractivity contribution in [1.82, 2.24) is 0 Å². The number of nitriles is 2. The third kappa shape index (κ3) is 1.25. The summed E-state index contributed by atoms with van der Waals surface area (Å²) in [5, 5.41) is 17.9. The van der Waals surface area contributed by atoms with Gasteiger partial charge >= 0.3 is 0 Å². The molecule has 2 nitrogen and oxygen atoms in total. The molecule has 0 aromatic rings. The summed E-state index contributed by atoms with van der Waals surface area (Å²) in [5.41, 5.74) is -0.561. The van der Waals surface area contributed by atoms with E-state index in [1.54, 1.807) is 6.08 Å². The SMILES string of the molecule is C=C1C(C#N)(C#N)C=CCC1(C)C. The molecule has 13 heavy (non-hydrogen) atoms. The van der Waals surface area contributed by atoms with E-state index >= 15 is 0 Å². The van der Waals surface area contributed by atoms with Crippen LogP contribution in [0.15, 0.2) is 24.3 Å². The molecular weight excluding hydrogens is 160 g/mol. The van der Waals surface area contributed by atoms with Crippen molar-refractivity contribution in [2.24, 2.45) is 10.8 Å². The van der Waals surface area contributed by atoms with Crippen molar-refractivity contribution in [3.8, 4) is 12.1 Å². The van der Waals surface area contributed by atoms with Crippen molar-refractivity contribution in [3.63, 3.8) is 0 Å². The largest absolute Gasteiger partial charge is 0.196 e. The van der Waals surface area contributed by atoms with Crippen LogP contribution < -0.4 is 0 Å². The highest BCUT2D eigenvalue weighted by Crippen LogP contribution is 2.45. The minimum atomic E-state index is -1.11. The number of nitrogens with zero attached hydrogens (tertiary/aromatic N) is 2. The molecule has 1 aliphatic carbocycles. The summed E-state index contributed by atoms with van der Waals surface area (Å²) in [6, 6.07) is 4.05. The number of rotatable bonds is 0. The van der Waals surface area contributed by atoms with Crippen LogP contribution in [-0.2, 0) is 0 Å². The molecule has 2 heteroatoms. The van der Waals surface area contributed by atoms with Gasteiger partial charge in [-0.15, -0.1) is 0 Å². The number of allylic oxidation sites excluding steroid dienone is 3. The van der Waals surface area contributed by atoms with E-state index in [1.807, 2.05) is 32.1 Å². The van der Waals surface area contributed by atoms with Crippen LogP contribution in [0.4, 0.5) is 0 Å². The summed E-state index contributed by atoms with van der Waals surface area (Å²) in [5.74, 6) is 0. The highest BCUT2D eigenvalue weighted by molar-refractivity contribution is 5.43. The zero-order chi connectivity index (χ0) is 10.1. The van der Waals surface area contributed by atoms with Crippen molar-refractivity contribution in [1.29, 1.82) is 10.5 Å². The summed E-state index contributed by atoms with van der Waals surface area (Å²) >= 11 is 0. The molecule has 0 radical (unpaired) electrons. The predicted octanol–water partition coefficient (Wildman–Crippen LogP) is 2.56. The molecule has 0 amide bonds. The quantitative estimate of drug-likeness (QED) is 0.527. The first-order chi connectivity index (χ1) is 5.98. The van der Waals surface area contributed by atoms with Crippen LogP contribution in [0.1, 0.15) is 20.3 Å². The highest BCUT2D eigenvalue weighted by atomic mass is 14.5. The molecule has 0 aromatic carbocycles. The lowest BCUT2D eigenvalue weighted by Gasteiger charge is -2.35. The fraction of sp³-hybridized carbons (Fsp3) is 0.455. The van der Waals surface area contributed by atoms with Crippen LogP contribution in [-0.4, -0.2) is 0 Å². The van der Waals surface area contributed by atoms with Crippen molar-refractivity contribution < 1.29 is 0 Å². The van der Waals surface area contributed by atoms with Crippen molar-refractivity contribution in [2.75, 3.05) is 0 Å². The van der Waals surface area contributed by atoms with Crippen molar-refractivity contribution in [3.05, 3.63) is 24.3 Å². The Labute approximate surface area is 78.8 Å². The van der Waals surface area contributed by atoms with Gasteiger partial charge in [0.2, 0.25) is 0 Å². The molecule has 0 heterocycles. The maximum Gasteiger partial charge on any atom is 0.183 e. The van der Waals surface area contributed by atoms with Gasteiger partial charge in [0, 0.05) is 0 Å². The zero-order valence-electron chi connectivity index (χ0n) is 7.96. The smallest absolute Gasteiger partial charge is 0.183 e. The molecule has 0 bridgehead atoms. The third-order valence-electron chi connectivity index (χ3n) is 2.64. The van der Waals surface area contributed by atoms with E-state index in [-0.39, 0.29) is 5.41 Å². The van der Waals surface area contributed by atoms with Gasteiger partial charge in [-0.2, -0.15) is 10.5 Å². The van der Waals surface area contributed by atoms with Gasteiger partial charge in [-0.1, -0.05) is 32.6 Å². The molecule has 1 rings (SSSR count). The second-order valence-corrected chi connectivity index (χ2v) is 4.00. The van der Waals surface area contributed by atoms with Crippen LogP contribution in [0, 0.1) is 33.5 Å². The maximum absolute atomic E-state index is 8.96. The van der Waals surface area contributed by atoms with E-state index in [9.17, 15) is 0 Å². The van der Waals surface area contributed by atoms with Crippen LogP contribution in [0.3, 0.4) is 0 Å². The topological polar surface area (TPSA) is 47.6 Å². The molecule has 0 aromatic heterocycles. The van der Waals surface area contributed by atoms with Crippen LogP contribution >= 0.6 is 0 Å². The Bertz CT molecular complexity index is 333. The first-order valence-electron chi connectivity index (χ1n) is 4.18. The molecular formula is C11H12N2. The first-order valence-corrected chi connectivity index (χ1v) is 4.18. The first kappa shape index (κ1) is 9.55. The second-order valence-electron chi connectivity index (χ2n) is 4.00. The molecule has 0 saturated heterocycles. The monoisotopic (exact) mass is 172 g/mol. The summed E-state index contributed by atoms with van der Waals surface area (Å²) in [6.45, 7) is 7.87. The van der Waals surface area contributed by atoms with E-state index in [1.165, 1.54) is 0 Å². The average molecular weight is 172 g/mol. The summed E-state index contributed by atoms with van der Waals surface area (Å²) < 4.78 is 0. The second kappa shape index (κ2) is 2.75. The van der Waals surface area contributed by atoms with E-state index in [4.69, 9.17) is 10.5 Å². The zero-order valence-corrected chi connectivity index (χ0v) is 7.96. The molecule has 0 spiro atoms. The highest BCUT2D eigenvalue weighted by Gasteiger charge is 2.41. The van der Waals surface area contributed by atoms with E-state index < -0.39 is 5.41 Å². The Kier molecular flexibility index (Phi) is 2.02. The van der Waals surface area contributed by atoms with Crippen molar-refractivity contribution >= 4 is 0 Å². The van der Waals surface area contributed by atoms with Crippen molar-refractivity contribution in [2.45, 2.75) is 20.3 Å². The molecule has 1 aliphatic rings. The summed E-state index contributed by atoms with van der Waals surface area (Å²) in [6.07, 6.45) is 4.39. The Morgan fingerprint density at radius 1 is 1.38 bits per heavy atom. The molecule has 0 N–H and O–H groups in total. The van der Waals surface area contributed by atoms with Gasteiger partial charge in [-0.25, -0.2) is 0 Å². The number of hydrogen-bond acceptors (Lipinski definition) is 2. The molecule has 0 fully saturated rings. The molecule has 0 atom stereocenters. The van der Waals surface area contributed by atoms with Gasteiger partial charge in [0.15, 0.2) is 5.41 Å². The Morgan fingerprint density at radius 2 is 1.92 bits per heavy atom. The molecule has 0 saturated carbocycles. The minimum Gasteiger partial charge on any atom is -0.196 e. The summed E-state index contributed by atoms with van der Waals surface area (Å²) in [7, 11) is 0. The van der Waals surface area contributed by atoms with E-state index in [2.05, 4.69) is 6.58 Å². The average Bonchev–Trinajstić information content (AvgIpc) is 2.10. The lowest BCUT2D eigenvalue weighted by Crippen LogP contribution is -2.30. The van der Waals surface area contributed by atoms with Gasteiger partial charge in [0.05, 0.1) is 12.1 Å². The van der Waals surface area contributed by atoms with Crippen LogP contribution in [0.5, 0.6) is 0 Å². The normalized spacial score (nSPS) is 23.2. The van der Waals surface area contributed by atoms with Gasteiger partial charge in [0.1, 0.15) is 0 Å². The van der Waals surface area contributed by atoms with Gasteiger partial charge in [-0.3, -0.25) is 0 Å². The Morgan fingerprint density at radius 3 is 2.31 bits per heavy atom. The molecule has 0 unspecified atom stereocenters. The lowest BCUT2D eigenvalue weighted by molar-refractivity contribution is 0.392. The van der Waals surface area contributed by atoms with Gasteiger partial charge < -0.3 is 0 Å². The number of hydrogen-bond donors (Lipinski definition) is 0. The molecule has 0 aliphatic heterocycles. The van der Waals surface area contributed by atoms with E-state index in [0.717, 1.165) is 6.42 Å². The Balaban J connectivity index is 3.26. The lowest BCUT2D eigenvalue weighted by atomic mass is 9.65. The van der Waals surface area contributed by atoms with E-state index in [0.29, 0.717) is 5.57 Å². The fourth-order valence-electron chi connectivity index (χ4n) is 1.52. The fourth-order valence-corrected chi connectivity index (χ4v) is 1.52. The van der Waals surface area contributed by atoms with Gasteiger partial charge in [-0.05, 0) is 17.4 Å². The standard InChI is InChI=1S/C11H12N2/c1-9-10(2,3)5-4-6-11(9,7-12)8-13/h4,6H,1,5H2,2-3H3. The molecule has 66 valence electrons. The Hall–Kier alpha value is -1.54. The maximum atomic E-state index is 8.96.